The van der Waals surface area contributed by atoms with Crippen molar-refractivity contribution in [1.82, 2.24) is 5.32 Å². The summed E-state index contributed by atoms with van der Waals surface area (Å²) in [7, 11) is 0. The monoisotopic (exact) mass is 274 g/mol. The molecule has 1 aliphatic heterocycles. The fraction of sp³-hybridized carbons (Fsp3) is 0.588. The number of rotatable bonds is 3. The van der Waals surface area contributed by atoms with Crippen LogP contribution in [0.25, 0.3) is 0 Å². The molecule has 2 unspecified atom stereocenters. The number of amides is 1. The fourth-order valence-corrected chi connectivity index (χ4v) is 3.15. The van der Waals surface area contributed by atoms with Crippen molar-refractivity contribution < 1.29 is 4.79 Å². The maximum absolute atomic E-state index is 12.3. The number of benzene rings is 1. The lowest BCUT2D eigenvalue weighted by Gasteiger charge is -2.29. The van der Waals surface area contributed by atoms with Gasteiger partial charge < -0.3 is 10.6 Å². The Balaban J connectivity index is 2.01. The highest BCUT2D eigenvalue weighted by Crippen LogP contribution is 2.23. The van der Waals surface area contributed by atoms with Gasteiger partial charge in [-0.25, -0.2) is 0 Å². The van der Waals surface area contributed by atoms with Crippen LogP contribution < -0.4 is 10.6 Å². The highest BCUT2D eigenvalue weighted by molar-refractivity contribution is 5.92. The topological polar surface area (TPSA) is 41.1 Å². The first-order valence-corrected chi connectivity index (χ1v) is 7.58. The molecule has 1 amide bonds. The molecule has 1 fully saturated rings. The standard InChI is InChI=1S/C17H26N2O/c1-11-8-13(3)17(14(4)9-11)19-16(20)10-15-12(2)6-5-7-18-15/h8-9,12,15,18H,5-7,10H2,1-4H3,(H,19,20). The number of carbonyl (C=O) groups excluding carboxylic acids is 1. The highest BCUT2D eigenvalue weighted by atomic mass is 16.1. The smallest absolute Gasteiger partial charge is 0.225 e. The molecule has 0 saturated carbocycles. The van der Waals surface area contributed by atoms with Crippen LogP contribution in [0.3, 0.4) is 0 Å². The molecule has 110 valence electrons. The van der Waals surface area contributed by atoms with Crippen LogP contribution >= 0.6 is 0 Å². The van der Waals surface area contributed by atoms with Crippen molar-refractivity contribution in [3.05, 3.63) is 28.8 Å². The Morgan fingerprint density at radius 3 is 2.55 bits per heavy atom. The van der Waals surface area contributed by atoms with Gasteiger partial charge in [-0.3, -0.25) is 4.79 Å². The second kappa shape index (κ2) is 6.40. The van der Waals surface area contributed by atoms with Crippen molar-refractivity contribution in [2.24, 2.45) is 5.92 Å². The molecule has 2 atom stereocenters. The van der Waals surface area contributed by atoms with E-state index in [1.807, 2.05) is 0 Å². The average Bonchev–Trinajstić information content (AvgIpc) is 2.36. The molecular formula is C17H26N2O. The molecule has 3 nitrogen and oxygen atoms in total. The van der Waals surface area contributed by atoms with Crippen LogP contribution in [0.2, 0.25) is 0 Å². The van der Waals surface area contributed by atoms with Crippen LogP contribution in [0.1, 0.15) is 42.9 Å². The van der Waals surface area contributed by atoms with Crippen molar-refractivity contribution >= 4 is 11.6 Å². The first-order chi connectivity index (χ1) is 9.47. The Labute approximate surface area is 122 Å². The van der Waals surface area contributed by atoms with Crippen molar-refractivity contribution in [3.63, 3.8) is 0 Å². The normalized spacial score (nSPS) is 22.6. The van der Waals surface area contributed by atoms with Gasteiger partial charge in [0.15, 0.2) is 0 Å². The SMILES string of the molecule is Cc1cc(C)c(NC(=O)CC2NCCCC2C)c(C)c1. The molecule has 1 aliphatic rings. The zero-order valence-corrected chi connectivity index (χ0v) is 13.0. The van der Waals surface area contributed by atoms with Gasteiger partial charge >= 0.3 is 0 Å². The number of nitrogens with one attached hydrogen (secondary N) is 2. The van der Waals surface area contributed by atoms with Crippen LogP contribution in [0.5, 0.6) is 0 Å². The summed E-state index contributed by atoms with van der Waals surface area (Å²) in [5.41, 5.74) is 4.49. The number of hydrogen-bond acceptors (Lipinski definition) is 2. The Bertz CT molecular complexity index is 473. The van der Waals surface area contributed by atoms with Gasteiger partial charge in [-0.05, 0) is 57.2 Å². The number of aryl methyl sites for hydroxylation is 3. The molecular weight excluding hydrogens is 248 g/mol. The van der Waals surface area contributed by atoms with Crippen molar-refractivity contribution in [1.29, 1.82) is 0 Å². The third-order valence-corrected chi connectivity index (χ3v) is 4.28. The summed E-state index contributed by atoms with van der Waals surface area (Å²) in [6.07, 6.45) is 3.00. The largest absolute Gasteiger partial charge is 0.326 e. The molecule has 3 heteroatoms. The summed E-state index contributed by atoms with van der Waals surface area (Å²) in [6.45, 7) is 9.45. The van der Waals surface area contributed by atoms with E-state index in [-0.39, 0.29) is 5.91 Å². The van der Waals surface area contributed by atoms with Crippen LogP contribution in [0.4, 0.5) is 5.69 Å². The summed E-state index contributed by atoms with van der Waals surface area (Å²) >= 11 is 0. The molecule has 2 rings (SSSR count). The summed E-state index contributed by atoms with van der Waals surface area (Å²) in [5, 5.41) is 6.56. The molecule has 20 heavy (non-hydrogen) atoms. The number of hydrogen-bond donors (Lipinski definition) is 2. The second-order valence-electron chi connectivity index (χ2n) is 6.21. The maximum atomic E-state index is 12.3. The Morgan fingerprint density at radius 1 is 1.30 bits per heavy atom. The van der Waals surface area contributed by atoms with Gasteiger partial charge in [0, 0.05) is 18.2 Å². The zero-order valence-electron chi connectivity index (χ0n) is 13.0. The first-order valence-electron chi connectivity index (χ1n) is 7.58. The van der Waals surface area contributed by atoms with Gasteiger partial charge in [0.05, 0.1) is 0 Å². The minimum Gasteiger partial charge on any atom is -0.326 e. The summed E-state index contributed by atoms with van der Waals surface area (Å²) in [4.78, 5) is 12.3. The number of piperidine rings is 1. The second-order valence-corrected chi connectivity index (χ2v) is 6.21. The molecule has 1 aromatic rings. The molecule has 0 aromatic heterocycles. The third kappa shape index (κ3) is 3.60. The van der Waals surface area contributed by atoms with Gasteiger partial charge in [0.1, 0.15) is 0 Å². The first kappa shape index (κ1) is 15.0. The quantitative estimate of drug-likeness (QED) is 0.887. The molecule has 0 spiro atoms. The van der Waals surface area contributed by atoms with E-state index in [4.69, 9.17) is 0 Å². The Morgan fingerprint density at radius 2 is 1.95 bits per heavy atom. The molecule has 1 saturated heterocycles. The lowest BCUT2D eigenvalue weighted by Crippen LogP contribution is -2.42. The minimum absolute atomic E-state index is 0.117. The van der Waals surface area contributed by atoms with E-state index in [0.717, 1.165) is 23.4 Å². The van der Waals surface area contributed by atoms with E-state index in [0.29, 0.717) is 18.4 Å². The Kier molecular flexibility index (Phi) is 4.81. The van der Waals surface area contributed by atoms with Crippen molar-refractivity contribution in [3.8, 4) is 0 Å². The van der Waals surface area contributed by atoms with Gasteiger partial charge in [0.25, 0.3) is 0 Å². The van der Waals surface area contributed by atoms with Gasteiger partial charge in [-0.2, -0.15) is 0 Å². The summed E-state index contributed by atoms with van der Waals surface area (Å²) < 4.78 is 0. The zero-order chi connectivity index (χ0) is 14.7. The van der Waals surface area contributed by atoms with Crippen LogP contribution in [0, 0.1) is 26.7 Å². The van der Waals surface area contributed by atoms with E-state index >= 15 is 0 Å². The van der Waals surface area contributed by atoms with Crippen molar-refractivity contribution in [2.75, 3.05) is 11.9 Å². The van der Waals surface area contributed by atoms with Crippen LogP contribution in [-0.2, 0) is 4.79 Å². The van der Waals surface area contributed by atoms with Gasteiger partial charge in [-0.1, -0.05) is 24.6 Å². The lowest BCUT2D eigenvalue weighted by atomic mass is 9.90. The predicted molar refractivity (Wildman–Crippen MR) is 84.1 cm³/mol. The number of anilines is 1. The maximum Gasteiger partial charge on any atom is 0.225 e. The number of carbonyl (C=O) groups is 1. The van der Waals surface area contributed by atoms with E-state index in [9.17, 15) is 4.79 Å². The third-order valence-electron chi connectivity index (χ3n) is 4.28. The Hall–Kier alpha value is -1.35. The lowest BCUT2D eigenvalue weighted by molar-refractivity contribution is -0.117. The molecule has 0 aliphatic carbocycles. The summed E-state index contributed by atoms with van der Waals surface area (Å²) in [6, 6.07) is 4.54. The predicted octanol–water partition coefficient (Wildman–Crippen LogP) is 3.33. The van der Waals surface area contributed by atoms with Crippen LogP contribution in [-0.4, -0.2) is 18.5 Å². The van der Waals surface area contributed by atoms with Gasteiger partial charge in [0.2, 0.25) is 5.91 Å². The molecule has 2 N–H and O–H groups in total. The van der Waals surface area contributed by atoms with Crippen LogP contribution in [0.15, 0.2) is 12.1 Å². The van der Waals surface area contributed by atoms with E-state index < -0.39 is 0 Å². The van der Waals surface area contributed by atoms with Gasteiger partial charge in [-0.15, -0.1) is 0 Å². The molecule has 0 radical (unpaired) electrons. The van der Waals surface area contributed by atoms with E-state index in [1.165, 1.54) is 18.4 Å². The molecule has 0 bridgehead atoms. The summed E-state index contributed by atoms with van der Waals surface area (Å²) in [5.74, 6) is 0.695. The highest BCUT2D eigenvalue weighted by Gasteiger charge is 2.23. The molecule has 1 aromatic carbocycles. The fourth-order valence-electron chi connectivity index (χ4n) is 3.15. The van der Waals surface area contributed by atoms with E-state index in [1.54, 1.807) is 0 Å². The average molecular weight is 274 g/mol. The van der Waals surface area contributed by atoms with Crippen molar-refractivity contribution in [2.45, 2.75) is 53.0 Å². The molecule has 1 heterocycles. The van der Waals surface area contributed by atoms with E-state index in [2.05, 4.69) is 50.5 Å². The minimum atomic E-state index is 0.117.